The van der Waals surface area contributed by atoms with Gasteiger partial charge in [0, 0.05) is 16.7 Å². The van der Waals surface area contributed by atoms with E-state index in [0.717, 1.165) is 0 Å². The molecule has 47 heavy (non-hydrogen) atoms. The smallest absolute Gasteiger partial charge is 0.206 e. The average molecular weight is 681 g/mol. The number of hydrogen-bond acceptors (Lipinski definition) is 6. The van der Waals surface area contributed by atoms with Gasteiger partial charge in [-0.3, -0.25) is 0 Å². The average Bonchev–Trinajstić information content (AvgIpc) is 3.11. The molecular weight excluding hydrogens is 653 g/mol. The van der Waals surface area contributed by atoms with Crippen LogP contribution in [0, 0.1) is 0 Å². The van der Waals surface area contributed by atoms with E-state index < -0.39 is 39.9 Å². The van der Waals surface area contributed by atoms with Crippen LogP contribution in [0.25, 0.3) is 33.4 Å². The number of sulfonamides is 3. The SMILES string of the molecule is O=S(=O)(NN(S(=O)(=O)c1ccccc1-c1ccccc1)S(=O)(=O)c1ccccc1-c1ccccc1)c1ccccc1-c1ccccc1. The van der Waals surface area contributed by atoms with Crippen LogP contribution < -0.4 is 4.83 Å². The predicted octanol–water partition coefficient (Wildman–Crippen LogP) is 6.96. The Morgan fingerprint density at radius 2 is 0.617 bits per heavy atom. The maximum Gasteiger partial charge on any atom is 0.271 e. The van der Waals surface area contributed by atoms with E-state index in [1.165, 1.54) is 48.5 Å². The molecule has 0 aliphatic heterocycles. The van der Waals surface area contributed by atoms with Crippen molar-refractivity contribution in [1.82, 2.24) is 8.65 Å². The number of hydrazine groups is 1. The fraction of sp³-hybridized carbons (Fsp3) is 0. The van der Waals surface area contributed by atoms with E-state index in [1.807, 2.05) is 4.83 Å². The van der Waals surface area contributed by atoms with Gasteiger partial charge < -0.3 is 0 Å². The largest absolute Gasteiger partial charge is 0.271 e. The molecule has 0 spiro atoms. The van der Waals surface area contributed by atoms with Crippen LogP contribution in [0.4, 0.5) is 0 Å². The second kappa shape index (κ2) is 13.1. The van der Waals surface area contributed by atoms with Gasteiger partial charge in [0.15, 0.2) is 0 Å². The summed E-state index contributed by atoms with van der Waals surface area (Å²) < 4.78 is 87.0. The molecule has 0 unspecified atom stereocenters. The fourth-order valence-electron chi connectivity index (χ4n) is 5.21. The Morgan fingerprint density at radius 1 is 0.340 bits per heavy atom. The highest BCUT2D eigenvalue weighted by molar-refractivity contribution is 8.05. The van der Waals surface area contributed by atoms with Crippen molar-refractivity contribution in [3.63, 3.8) is 0 Å². The molecule has 0 fully saturated rings. The molecule has 0 saturated carbocycles. The fourth-order valence-corrected chi connectivity index (χ4v) is 10.9. The maximum absolute atomic E-state index is 14.7. The van der Waals surface area contributed by atoms with Gasteiger partial charge in [-0.05, 0) is 38.7 Å². The first-order valence-electron chi connectivity index (χ1n) is 14.4. The van der Waals surface area contributed by atoms with Gasteiger partial charge in [-0.25, -0.2) is 25.3 Å². The van der Waals surface area contributed by atoms with Crippen LogP contribution >= 0.6 is 0 Å². The molecule has 0 aliphatic rings. The molecular formula is C36H28N2O6S3. The van der Waals surface area contributed by atoms with Gasteiger partial charge in [-0.1, -0.05) is 146 Å². The van der Waals surface area contributed by atoms with Crippen molar-refractivity contribution >= 4 is 30.1 Å². The van der Waals surface area contributed by atoms with Crippen LogP contribution in [-0.4, -0.2) is 29.1 Å². The van der Waals surface area contributed by atoms with Crippen LogP contribution in [0.15, 0.2) is 178 Å². The third-order valence-corrected chi connectivity index (χ3v) is 13.0. The molecule has 6 rings (SSSR count). The first-order chi connectivity index (χ1) is 22.6. The summed E-state index contributed by atoms with van der Waals surface area (Å²) in [6, 6.07) is 43.4. The molecule has 6 aromatic carbocycles. The van der Waals surface area contributed by atoms with E-state index in [0.29, 0.717) is 16.7 Å². The van der Waals surface area contributed by atoms with Crippen molar-refractivity contribution in [3.8, 4) is 33.4 Å². The summed E-state index contributed by atoms with van der Waals surface area (Å²) in [5.41, 5.74) is 2.15. The van der Waals surface area contributed by atoms with Gasteiger partial charge in [0.1, 0.15) is 0 Å². The first kappa shape index (κ1) is 32.0. The normalized spacial score (nSPS) is 12.2. The lowest BCUT2D eigenvalue weighted by Crippen LogP contribution is -2.49. The lowest BCUT2D eigenvalue weighted by molar-refractivity contribution is 0.468. The molecule has 0 amide bonds. The Labute approximate surface area is 274 Å². The summed E-state index contributed by atoms with van der Waals surface area (Å²) in [6.07, 6.45) is 0. The van der Waals surface area contributed by atoms with Crippen molar-refractivity contribution < 1.29 is 25.3 Å². The Kier molecular flexibility index (Phi) is 8.91. The van der Waals surface area contributed by atoms with E-state index in [2.05, 4.69) is 0 Å². The van der Waals surface area contributed by atoms with Crippen LogP contribution in [0.3, 0.4) is 0 Å². The molecule has 11 heteroatoms. The third kappa shape index (κ3) is 6.39. The van der Waals surface area contributed by atoms with Crippen LogP contribution in [-0.2, 0) is 30.1 Å². The van der Waals surface area contributed by atoms with Crippen molar-refractivity contribution in [3.05, 3.63) is 164 Å². The van der Waals surface area contributed by atoms with Gasteiger partial charge in [0.05, 0.1) is 14.7 Å². The van der Waals surface area contributed by atoms with Gasteiger partial charge in [0.2, 0.25) is 0 Å². The first-order valence-corrected chi connectivity index (χ1v) is 18.7. The zero-order chi connectivity index (χ0) is 33.1. The quantitative estimate of drug-likeness (QED) is 0.156. The number of nitrogens with zero attached hydrogens (tertiary/aromatic N) is 1. The minimum Gasteiger partial charge on any atom is -0.206 e. The third-order valence-electron chi connectivity index (χ3n) is 7.39. The molecule has 0 radical (unpaired) electrons. The predicted molar refractivity (Wildman–Crippen MR) is 182 cm³/mol. The molecule has 0 atom stereocenters. The minimum atomic E-state index is -5.15. The number of benzene rings is 6. The number of rotatable bonds is 10. The molecule has 0 aromatic heterocycles. The summed E-state index contributed by atoms with van der Waals surface area (Å²) in [5, 5.41) is 0. The topological polar surface area (TPSA) is 118 Å². The number of hydrogen-bond donors (Lipinski definition) is 1. The van der Waals surface area contributed by atoms with Gasteiger partial charge in [-0.15, -0.1) is 4.83 Å². The van der Waals surface area contributed by atoms with Crippen LogP contribution in [0.2, 0.25) is 0 Å². The van der Waals surface area contributed by atoms with Crippen molar-refractivity contribution in [2.75, 3.05) is 0 Å². The summed E-state index contributed by atoms with van der Waals surface area (Å²) in [4.78, 5) is 0.851. The zero-order valence-corrected chi connectivity index (χ0v) is 27.2. The van der Waals surface area contributed by atoms with E-state index in [4.69, 9.17) is 0 Å². The highest BCUT2D eigenvalue weighted by Gasteiger charge is 2.43. The lowest BCUT2D eigenvalue weighted by Gasteiger charge is -2.25. The summed E-state index contributed by atoms with van der Waals surface area (Å²) in [7, 11) is -15.2. The van der Waals surface area contributed by atoms with E-state index in [-0.39, 0.29) is 25.4 Å². The summed E-state index contributed by atoms with van der Waals surface area (Å²) in [5.74, 6) is 0. The Balaban J connectivity index is 1.58. The van der Waals surface area contributed by atoms with Crippen molar-refractivity contribution in [2.24, 2.45) is 0 Å². The van der Waals surface area contributed by atoms with Gasteiger partial charge in [-0.2, -0.15) is 0 Å². The molecule has 1 N–H and O–H groups in total. The van der Waals surface area contributed by atoms with Crippen molar-refractivity contribution in [1.29, 1.82) is 0 Å². The maximum atomic E-state index is 14.7. The lowest BCUT2D eigenvalue weighted by atomic mass is 10.1. The van der Waals surface area contributed by atoms with E-state index in [1.54, 1.807) is 115 Å². The molecule has 0 aliphatic carbocycles. The van der Waals surface area contributed by atoms with E-state index in [9.17, 15) is 25.3 Å². The standard InChI is InChI=1S/C36H28N2O6S3/c39-45(40,34-25-13-10-22-31(34)28-16-4-1-5-17-28)37-38(46(41,42)35-26-14-11-23-32(35)29-18-6-2-7-19-29)47(43,44)36-27-15-12-24-33(36)30-20-8-3-9-21-30/h1-27,37H. The minimum absolute atomic E-state index is 0.124. The second-order valence-electron chi connectivity index (χ2n) is 10.4. The molecule has 0 bridgehead atoms. The van der Waals surface area contributed by atoms with Crippen LogP contribution in [0.5, 0.6) is 0 Å². The molecule has 6 aromatic rings. The summed E-state index contributed by atoms with van der Waals surface area (Å²) >= 11 is 0. The Morgan fingerprint density at radius 3 is 0.979 bits per heavy atom. The molecule has 8 nitrogen and oxygen atoms in total. The Bertz CT molecular complexity index is 2260. The summed E-state index contributed by atoms with van der Waals surface area (Å²) in [6.45, 7) is 0. The number of nitrogens with one attached hydrogen (secondary N) is 1. The van der Waals surface area contributed by atoms with E-state index >= 15 is 0 Å². The molecule has 0 heterocycles. The van der Waals surface area contributed by atoms with Gasteiger partial charge >= 0.3 is 0 Å². The zero-order valence-electron chi connectivity index (χ0n) is 24.7. The monoisotopic (exact) mass is 680 g/mol. The van der Waals surface area contributed by atoms with Gasteiger partial charge in [0.25, 0.3) is 30.1 Å². The highest BCUT2D eigenvalue weighted by Crippen LogP contribution is 2.36. The highest BCUT2D eigenvalue weighted by atomic mass is 32.3. The van der Waals surface area contributed by atoms with Crippen LogP contribution in [0.1, 0.15) is 0 Å². The second-order valence-corrected chi connectivity index (χ2v) is 15.8. The van der Waals surface area contributed by atoms with Crippen molar-refractivity contribution in [2.45, 2.75) is 14.7 Å². The Hall–Kier alpha value is -4.91. The molecule has 236 valence electrons. The molecule has 0 saturated heterocycles.